The molecule has 9 nitrogen and oxygen atoms in total. The molecular weight excluding hydrogens is 722 g/mol. The molecular formula is C43H52ClN3O6S. The van der Waals surface area contributed by atoms with Crippen molar-refractivity contribution >= 4 is 39.2 Å². The van der Waals surface area contributed by atoms with Crippen molar-refractivity contribution in [3.8, 4) is 5.75 Å². The lowest BCUT2D eigenvalue weighted by molar-refractivity contribution is 0.0135. The third kappa shape index (κ3) is 8.88. The van der Waals surface area contributed by atoms with Crippen LogP contribution in [-0.2, 0) is 31.2 Å². The van der Waals surface area contributed by atoms with E-state index in [0.717, 1.165) is 54.9 Å². The molecule has 1 saturated carbocycles. The van der Waals surface area contributed by atoms with Crippen LogP contribution in [0.4, 0.5) is 10.5 Å². The van der Waals surface area contributed by atoms with E-state index in [4.69, 9.17) is 25.8 Å². The quantitative estimate of drug-likeness (QED) is 0.173. The molecule has 1 spiro atoms. The van der Waals surface area contributed by atoms with Gasteiger partial charge in [-0.25, -0.2) is 13.7 Å². The summed E-state index contributed by atoms with van der Waals surface area (Å²) in [4.78, 5) is 29.5. The van der Waals surface area contributed by atoms with Gasteiger partial charge >= 0.3 is 6.09 Å². The molecule has 0 unspecified atom stereocenters. The maximum atomic E-state index is 14.4. The topological polar surface area (TPSA) is 107 Å². The number of nitrogens with zero attached hydrogens (tertiary/aromatic N) is 2. The molecule has 1 fully saturated rings. The average molecular weight is 774 g/mol. The number of halogens is 1. The predicted octanol–water partition coefficient (Wildman–Crippen LogP) is 9.26. The first-order valence-corrected chi connectivity index (χ1v) is 20.9. The smallest absolute Gasteiger partial charge is 0.420 e. The number of hydrogen-bond donors (Lipinski definition) is 1. The molecule has 0 bridgehead atoms. The Morgan fingerprint density at radius 1 is 1.13 bits per heavy atom. The summed E-state index contributed by atoms with van der Waals surface area (Å²) < 4.78 is 39.1. The summed E-state index contributed by atoms with van der Waals surface area (Å²) in [5.74, 6) is 0.399. The minimum Gasteiger partial charge on any atom is -0.490 e. The van der Waals surface area contributed by atoms with Crippen LogP contribution in [0.3, 0.4) is 0 Å². The maximum Gasteiger partial charge on any atom is 0.420 e. The summed E-state index contributed by atoms with van der Waals surface area (Å²) in [6.07, 6.45) is 7.58. The minimum atomic E-state index is -3.60. The van der Waals surface area contributed by atoms with Crippen LogP contribution in [0.2, 0.25) is 5.02 Å². The van der Waals surface area contributed by atoms with Crippen LogP contribution < -0.4 is 14.4 Å². The highest BCUT2D eigenvalue weighted by Crippen LogP contribution is 2.47. The molecule has 1 aliphatic heterocycles. The molecule has 3 aromatic carbocycles. The van der Waals surface area contributed by atoms with Gasteiger partial charge in [0.15, 0.2) is 0 Å². The largest absolute Gasteiger partial charge is 0.490 e. The Morgan fingerprint density at radius 2 is 1.93 bits per heavy atom. The first-order chi connectivity index (χ1) is 26.0. The van der Waals surface area contributed by atoms with Gasteiger partial charge in [0.2, 0.25) is 0 Å². The first-order valence-electron chi connectivity index (χ1n) is 18.9. The molecule has 1 N–H and O–H groups in total. The van der Waals surface area contributed by atoms with Gasteiger partial charge in [0.05, 0.1) is 24.2 Å². The Hall–Kier alpha value is -4.12. The van der Waals surface area contributed by atoms with E-state index in [1.165, 1.54) is 11.1 Å². The van der Waals surface area contributed by atoms with E-state index >= 15 is 0 Å². The number of aryl methyl sites for hydroxylation is 1. The molecule has 3 aliphatic rings. The standard InChI is InChI=1S/C43H52ClN3O6S/c1-6-12-29(3)26-54(50,46-42(49)53-30(4)31-13-9-8-10-14-31)45-41(48)33-17-21-40-38(24-33)47(25-34-16-19-36(34)39(7-2)51-5)27-43(28-52-40)22-11-15-32-23-35(44)18-20-37(32)43/h6-10,13-14,17-18,20-21,23-24,29-30,34,36,39H,1-2,11-12,15-16,19,22,25-28H2,3-5H3,(H,45,46,48,49,50)/t29-,30-,34-,36+,39-,43-,54-/m0/s1. The second kappa shape index (κ2) is 17.1. The number of fused-ring (bicyclic) bond motifs is 3. The number of hydrogen-bond acceptors (Lipinski definition) is 7. The Labute approximate surface area is 325 Å². The van der Waals surface area contributed by atoms with Crippen LogP contribution in [-0.4, -0.2) is 54.9 Å². The molecule has 54 heavy (non-hydrogen) atoms. The molecule has 288 valence electrons. The second-order valence-corrected chi connectivity index (χ2v) is 17.6. The highest BCUT2D eigenvalue weighted by molar-refractivity contribution is 7.92. The molecule has 2 aliphatic carbocycles. The van der Waals surface area contributed by atoms with Gasteiger partial charge in [-0.1, -0.05) is 67.1 Å². The van der Waals surface area contributed by atoms with E-state index in [1.807, 2.05) is 49.4 Å². The van der Waals surface area contributed by atoms with Gasteiger partial charge in [-0.3, -0.25) is 4.79 Å². The molecule has 3 aromatic rings. The van der Waals surface area contributed by atoms with Crippen molar-refractivity contribution in [3.05, 3.63) is 119 Å². The molecule has 2 amide bonds. The summed E-state index contributed by atoms with van der Waals surface area (Å²) >= 11 is 6.46. The Morgan fingerprint density at radius 3 is 2.63 bits per heavy atom. The molecule has 0 radical (unpaired) electrons. The van der Waals surface area contributed by atoms with Crippen molar-refractivity contribution in [1.82, 2.24) is 4.72 Å². The first kappa shape index (κ1) is 39.6. The van der Waals surface area contributed by atoms with E-state index in [2.05, 4.69) is 39.3 Å². The zero-order valence-electron chi connectivity index (χ0n) is 31.5. The number of anilines is 1. The normalized spacial score (nSPS) is 23.1. The zero-order valence-corrected chi connectivity index (χ0v) is 33.1. The van der Waals surface area contributed by atoms with E-state index in [0.29, 0.717) is 37.2 Å². The van der Waals surface area contributed by atoms with Crippen molar-refractivity contribution in [1.29, 1.82) is 0 Å². The van der Waals surface area contributed by atoms with Gasteiger partial charge < -0.3 is 19.1 Å². The number of carbonyl (C=O) groups is 2. The molecule has 6 rings (SSSR count). The highest BCUT2D eigenvalue weighted by Gasteiger charge is 2.44. The highest BCUT2D eigenvalue weighted by atomic mass is 35.5. The van der Waals surface area contributed by atoms with Crippen molar-refractivity contribution in [2.45, 2.75) is 70.0 Å². The summed E-state index contributed by atoms with van der Waals surface area (Å²) in [6.45, 7) is 13.3. The molecule has 0 aromatic heterocycles. The summed E-state index contributed by atoms with van der Waals surface area (Å²) in [5.41, 5.74) is 4.01. The maximum absolute atomic E-state index is 14.4. The molecule has 0 saturated heterocycles. The molecule has 1 heterocycles. The fourth-order valence-corrected chi connectivity index (χ4v) is 10.4. The van der Waals surface area contributed by atoms with Crippen LogP contribution in [0.5, 0.6) is 5.75 Å². The summed E-state index contributed by atoms with van der Waals surface area (Å²) in [5, 5.41) is 0.726. The molecule has 11 heteroatoms. The number of benzene rings is 3. The number of carbonyl (C=O) groups excluding carboxylic acids is 2. The Balaban J connectivity index is 1.33. The van der Waals surface area contributed by atoms with Crippen LogP contribution in [0, 0.1) is 17.8 Å². The van der Waals surface area contributed by atoms with Crippen molar-refractivity contribution in [2.75, 3.05) is 37.5 Å². The van der Waals surface area contributed by atoms with Gasteiger partial charge in [-0.15, -0.1) is 17.5 Å². The lowest BCUT2D eigenvalue weighted by Crippen LogP contribution is -2.49. The van der Waals surface area contributed by atoms with Crippen molar-refractivity contribution in [2.24, 2.45) is 22.1 Å². The van der Waals surface area contributed by atoms with Crippen LogP contribution in [0.25, 0.3) is 0 Å². The van der Waals surface area contributed by atoms with E-state index in [-0.39, 0.29) is 28.8 Å². The summed E-state index contributed by atoms with van der Waals surface area (Å²) in [6, 6.07) is 20.7. The van der Waals surface area contributed by atoms with Crippen molar-refractivity contribution in [3.63, 3.8) is 0 Å². The van der Waals surface area contributed by atoms with E-state index in [9.17, 15) is 13.8 Å². The lowest BCUT2D eigenvalue weighted by Gasteiger charge is -2.46. The van der Waals surface area contributed by atoms with Crippen molar-refractivity contribution < 1.29 is 28.0 Å². The van der Waals surface area contributed by atoms with Crippen LogP contribution in [0.15, 0.2) is 96.4 Å². The average Bonchev–Trinajstić information content (AvgIpc) is 3.28. The zero-order chi connectivity index (χ0) is 38.5. The van der Waals surface area contributed by atoms with Crippen LogP contribution >= 0.6 is 11.6 Å². The monoisotopic (exact) mass is 773 g/mol. The molecule has 7 atom stereocenters. The number of allylic oxidation sites excluding steroid dienone is 1. The van der Waals surface area contributed by atoms with E-state index in [1.54, 1.807) is 38.3 Å². The Bertz CT molecular complexity index is 1980. The number of methoxy groups -OCH3 is 1. The number of amides is 2. The number of rotatable bonds is 13. The number of ether oxygens (including phenoxy) is 3. The predicted molar refractivity (Wildman–Crippen MR) is 216 cm³/mol. The third-order valence-electron chi connectivity index (χ3n) is 11.2. The second-order valence-electron chi connectivity index (χ2n) is 15.1. The van der Waals surface area contributed by atoms with Gasteiger partial charge in [0.1, 0.15) is 21.8 Å². The SMILES string of the molecule is C=CC[C@H](C)C[S@](=O)(=NC(=O)c1ccc2c(c1)N(C[C@@H]1CC[C@H]1[C@H](C=C)OC)C[C@@]1(CCCc3cc(Cl)ccc31)CO2)NC(=O)O[C@@H](C)c1ccccc1. The lowest BCUT2D eigenvalue weighted by atomic mass is 9.68. The van der Waals surface area contributed by atoms with E-state index < -0.39 is 28.0 Å². The van der Waals surface area contributed by atoms with Gasteiger partial charge in [-0.05, 0) is 110 Å². The summed E-state index contributed by atoms with van der Waals surface area (Å²) in [7, 11) is -1.87. The minimum absolute atomic E-state index is 0.0452. The van der Waals surface area contributed by atoms with Gasteiger partial charge in [-0.2, -0.15) is 0 Å². The Kier molecular flexibility index (Phi) is 12.6. The van der Waals surface area contributed by atoms with Gasteiger partial charge in [0, 0.05) is 36.2 Å². The van der Waals surface area contributed by atoms with Gasteiger partial charge in [0.25, 0.3) is 5.91 Å². The third-order valence-corrected chi connectivity index (χ3v) is 13.4. The number of nitrogens with one attached hydrogen (secondary N) is 1. The fourth-order valence-electron chi connectivity index (χ4n) is 8.36. The fraction of sp³-hybridized carbons (Fsp3) is 0.442. The van der Waals surface area contributed by atoms with Crippen LogP contribution in [0.1, 0.15) is 79.1 Å².